The molecule has 0 bridgehead atoms. The van der Waals surface area contributed by atoms with Crippen molar-refractivity contribution in [1.29, 1.82) is 0 Å². The van der Waals surface area contributed by atoms with Gasteiger partial charge in [0.15, 0.2) is 0 Å². The normalized spacial score (nSPS) is 9.44. The highest BCUT2D eigenvalue weighted by molar-refractivity contribution is 5.51. The predicted molar refractivity (Wildman–Crippen MR) is 65.1 cm³/mol. The molecule has 0 aliphatic carbocycles. The van der Waals surface area contributed by atoms with E-state index in [1.54, 1.807) is 0 Å². The lowest BCUT2D eigenvalue weighted by atomic mass is 10.2. The molecule has 0 atom stereocenters. The average molecular weight is 218 g/mol. The molecular formula is C13H18N2O. The highest BCUT2D eigenvalue weighted by Crippen LogP contribution is 2.16. The van der Waals surface area contributed by atoms with E-state index in [1.807, 2.05) is 37.3 Å². The lowest BCUT2D eigenvalue weighted by Gasteiger charge is -1.91. The molecule has 0 N–H and O–H groups in total. The first kappa shape index (κ1) is 12.4. The van der Waals surface area contributed by atoms with E-state index in [4.69, 9.17) is 4.42 Å². The average Bonchev–Trinajstić information content (AvgIpc) is 2.80. The van der Waals surface area contributed by atoms with E-state index in [9.17, 15) is 0 Å². The van der Waals surface area contributed by atoms with Crippen molar-refractivity contribution in [3.05, 3.63) is 36.2 Å². The standard InChI is InChI=1S/C10H10N2O.C3H8/c1-2-9-11-12-10(13-9)8-6-4-3-5-7-8;1-3-2/h3-7H,2H2,1H3;3H2,1-2H3. The van der Waals surface area contributed by atoms with Crippen LogP contribution in [0.3, 0.4) is 0 Å². The van der Waals surface area contributed by atoms with Crippen molar-refractivity contribution in [2.75, 3.05) is 0 Å². The van der Waals surface area contributed by atoms with Crippen LogP contribution in [0.4, 0.5) is 0 Å². The fourth-order valence-corrected chi connectivity index (χ4v) is 1.09. The van der Waals surface area contributed by atoms with Gasteiger partial charge in [0.1, 0.15) is 0 Å². The van der Waals surface area contributed by atoms with Gasteiger partial charge in [-0.05, 0) is 12.1 Å². The maximum atomic E-state index is 5.40. The zero-order valence-corrected chi connectivity index (χ0v) is 10.1. The van der Waals surface area contributed by atoms with Gasteiger partial charge in [0.25, 0.3) is 0 Å². The maximum absolute atomic E-state index is 5.40. The van der Waals surface area contributed by atoms with Gasteiger partial charge in [-0.2, -0.15) is 0 Å². The molecule has 2 aromatic rings. The monoisotopic (exact) mass is 218 g/mol. The third-order valence-electron chi connectivity index (χ3n) is 1.79. The summed E-state index contributed by atoms with van der Waals surface area (Å²) in [5, 5.41) is 7.83. The van der Waals surface area contributed by atoms with E-state index in [1.165, 1.54) is 6.42 Å². The van der Waals surface area contributed by atoms with E-state index in [-0.39, 0.29) is 0 Å². The summed E-state index contributed by atoms with van der Waals surface area (Å²) < 4.78 is 5.40. The van der Waals surface area contributed by atoms with Crippen molar-refractivity contribution >= 4 is 0 Å². The molecule has 0 radical (unpaired) electrons. The molecule has 16 heavy (non-hydrogen) atoms. The Morgan fingerprint density at radius 3 is 2.12 bits per heavy atom. The molecule has 0 unspecified atom stereocenters. The third-order valence-corrected chi connectivity index (χ3v) is 1.79. The van der Waals surface area contributed by atoms with Crippen molar-refractivity contribution in [3.8, 4) is 11.5 Å². The van der Waals surface area contributed by atoms with Gasteiger partial charge in [0.2, 0.25) is 11.8 Å². The van der Waals surface area contributed by atoms with Crippen LogP contribution >= 0.6 is 0 Å². The second-order valence-electron chi connectivity index (χ2n) is 3.43. The van der Waals surface area contributed by atoms with Crippen LogP contribution in [0.15, 0.2) is 34.7 Å². The number of hydrogen-bond donors (Lipinski definition) is 0. The number of benzene rings is 1. The molecule has 3 heteroatoms. The largest absolute Gasteiger partial charge is 0.421 e. The van der Waals surface area contributed by atoms with Gasteiger partial charge in [-0.25, -0.2) is 0 Å². The second kappa shape index (κ2) is 6.77. The summed E-state index contributed by atoms with van der Waals surface area (Å²) in [6.45, 7) is 6.24. The molecule has 0 fully saturated rings. The summed E-state index contributed by atoms with van der Waals surface area (Å²) in [7, 11) is 0. The van der Waals surface area contributed by atoms with E-state index in [0.717, 1.165) is 12.0 Å². The van der Waals surface area contributed by atoms with E-state index < -0.39 is 0 Å². The molecule has 86 valence electrons. The van der Waals surface area contributed by atoms with Crippen LogP contribution in [0.5, 0.6) is 0 Å². The minimum absolute atomic E-state index is 0.595. The molecule has 0 saturated heterocycles. The minimum Gasteiger partial charge on any atom is -0.421 e. The van der Waals surface area contributed by atoms with Crippen molar-refractivity contribution < 1.29 is 4.42 Å². The van der Waals surface area contributed by atoms with Crippen LogP contribution < -0.4 is 0 Å². The lowest BCUT2D eigenvalue weighted by Crippen LogP contribution is -1.76. The first-order valence-electron chi connectivity index (χ1n) is 5.69. The first-order chi connectivity index (χ1) is 7.81. The second-order valence-corrected chi connectivity index (χ2v) is 3.43. The Morgan fingerprint density at radius 1 is 1.00 bits per heavy atom. The molecule has 2 rings (SSSR count). The summed E-state index contributed by atoms with van der Waals surface area (Å²) in [6, 6.07) is 9.76. The summed E-state index contributed by atoms with van der Waals surface area (Å²) in [4.78, 5) is 0. The fourth-order valence-electron chi connectivity index (χ4n) is 1.09. The Bertz CT molecular complexity index is 395. The zero-order chi connectivity index (χ0) is 11.8. The van der Waals surface area contributed by atoms with Crippen LogP contribution in [0, 0.1) is 0 Å². The van der Waals surface area contributed by atoms with Crippen molar-refractivity contribution in [3.63, 3.8) is 0 Å². The van der Waals surface area contributed by atoms with E-state index >= 15 is 0 Å². The summed E-state index contributed by atoms with van der Waals surface area (Å²) in [5.74, 6) is 1.27. The number of hydrogen-bond acceptors (Lipinski definition) is 3. The van der Waals surface area contributed by atoms with Gasteiger partial charge >= 0.3 is 0 Å². The van der Waals surface area contributed by atoms with Crippen molar-refractivity contribution in [2.24, 2.45) is 0 Å². The molecule has 3 nitrogen and oxygen atoms in total. The van der Waals surface area contributed by atoms with Crippen molar-refractivity contribution in [1.82, 2.24) is 10.2 Å². The van der Waals surface area contributed by atoms with Crippen LogP contribution in [-0.4, -0.2) is 10.2 Å². The highest BCUT2D eigenvalue weighted by atomic mass is 16.4. The van der Waals surface area contributed by atoms with Gasteiger partial charge in [-0.3, -0.25) is 0 Å². The Hall–Kier alpha value is -1.64. The summed E-state index contributed by atoms with van der Waals surface area (Å²) in [5.41, 5.74) is 0.967. The molecule has 1 heterocycles. The Morgan fingerprint density at radius 2 is 1.62 bits per heavy atom. The Labute approximate surface area is 96.5 Å². The van der Waals surface area contributed by atoms with Gasteiger partial charge in [-0.15, -0.1) is 10.2 Å². The molecule has 1 aromatic heterocycles. The molecular weight excluding hydrogens is 200 g/mol. The van der Waals surface area contributed by atoms with Crippen LogP contribution in [0.1, 0.15) is 33.1 Å². The first-order valence-corrected chi connectivity index (χ1v) is 5.69. The smallest absolute Gasteiger partial charge is 0.247 e. The van der Waals surface area contributed by atoms with Crippen LogP contribution in [-0.2, 0) is 6.42 Å². The quantitative estimate of drug-likeness (QED) is 0.771. The Balaban J connectivity index is 0.000000386. The molecule has 0 saturated carbocycles. The fraction of sp³-hybridized carbons (Fsp3) is 0.385. The zero-order valence-electron chi connectivity index (χ0n) is 10.1. The molecule has 0 amide bonds. The maximum Gasteiger partial charge on any atom is 0.247 e. The molecule has 0 aliphatic heterocycles. The van der Waals surface area contributed by atoms with Crippen LogP contribution in [0.2, 0.25) is 0 Å². The van der Waals surface area contributed by atoms with Crippen molar-refractivity contribution in [2.45, 2.75) is 33.6 Å². The SMILES string of the molecule is CCC.CCc1nnc(-c2ccccc2)o1. The van der Waals surface area contributed by atoms with E-state index in [0.29, 0.717) is 11.8 Å². The lowest BCUT2D eigenvalue weighted by molar-refractivity contribution is 0.513. The topological polar surface area (TPSA) is 38.9 Å². The van der Waals surface area contributed by atoms with Gasteiger partial charge in [-0.1, -0.05) is 45.4 Å². The number of nitrogens with zero attached hydrogens (tertiary/aromatic N) is 2. The van der Waals surface area contributed by atoms with Gasteiger partial charge in [0.05, 0.1) is 0 Å². The number of aryl methyl sites for hydroxylation is 1. The highest BCUT2D eigenvalue weighted by Gasteiger charge is 2.05. The van der Waals surface area contributed by atoms with Gasteiger partial charge < -0.3 is 4.42 Å². The number of rotatable bonds is 2. The molecule has 0 aliphatic rings. The van der Waals surface area contributed by atoms with E-state index in [2.05, 4.69) is 24.0 Å². The van der Waals surface area contributed by atoms with Gasteiger partial charge in [0, 0.05) is 12.0 Å². The Kier molecular flexibility index (Phi) is 5.26. The predicted octanol–water partition coefficient (Wildman–Crippen LogP) is 3.72. The van der Waals surface area contributed by atoms with Crippen LogP contribution in [0.25, 0.3) is 11.5 Å². The third kappa shape index (κ3) is 3.50. The number of aromatic nitrogens is 2. The minimum atomic E-state index is 0.595. The summed E-state index contributed by atoms with van der Waals surface area (Å²) >= 11 is 0. The molecule has 1 aromatic carbocycles. The summed E-state index contributed by atoms with van der Waals surface area (Å²) in [6.07, 6.45) is 2.03. The molecule has 0 spiro atoms.